The molecule has 9 nitrogen and oxygen atoms in total. The second-order valence-corrected chi connectivity index (χ2v) is 9.76. The fraction of sp³-hybridized carbons (Fsp3) is 0.133. The second-order valence-electron chi connectivity index (χ2n) is 8.73. The maximum atomic E-state index is 12.8. The maximum Gasteiger partial charge on any atom is 0.338 e. The van der Waals surface area contributed by atoms with E-state index in [1.807, 2.05) is 30.3 Å². The predicted octanol–water partition coefficient (Wildman–Crippen LogP) is 4.48. The van der Waals surface area contributed by atoms with Crippen molar-refractivity contribution in [2.45, 2.75) is 12.8 Å². The van der Waals surface area contributed by atoms with E-state index in [1.54, 1.807) is 66.7 Å². The number of carbonyl (C=O) groups is 2. The molecule has 202 valence electrons. The van der Waals surface area contributed by atoms with Crippen LogP contribution in [0.2, 0.25) is 0 Å². The van der Waals surface area contributed by atoms with Gasteiger partial charge in [0.15, 0.2) is 0 Å². The molecule has 2 heterocycles. The van der Waals surface area contributed by atoms with Crippen molar-refractivity contribution in [2.24, 2.45) is 0 Å². The molecule has 0 spiro atoms. The quantitative estimate of drug-likeness (QED) is 0.252. The lowest BCUT2D eigenvalue weighted by Gasteiger charge is -2.19. The van der Waals surface area contributed by atoms with Gasteiger partial charge in [-0.2, -0.15) is 0 Å². The Hall–Kier alpha value is -4.80. The van der Waals surface area contributed by atoms with Gasteiger partial charge in [-0.15, -0.1) is 11.3 Å². The van der Waals surface area contributed by atoms with Gasteiger partial charge in [-0.05, 0) is 35.9 Å². The topological polar surface area (TPSA) is 117 Å². The molecule has 0 fully saturated rings. The Kier molecular flexibility index (Phi) is 8.29. The van der Waals surface area contributed by atoms with Crippen LogP contribution in [0.3, 0.4) is 0 Å². The molecule has 0 atom stereocenters. The first-order valence-corrected chi connectivity index (χ1v) is 13.2. The van der Waals surface area contributed by atoms with E-state index in [4.69, 9.17) is 14.2 Å². The summed E-state index contributed by atoms with van der Waals surface area (Å²) < 4.78 is 18.1. The number of aromatic nitrogens is 2. The fourth-order valence-corrected chi connectivity index (χ4v) is 5.05. The number of carbonyl (C=O) groups excluding carboxylic acids is 2. The monoisotopic (exact) mass is 556 g/mol. The molecule has 40 heavy (non-hydrogen) atoms. The normalized spacial score (nSPS) is 11.0. The van der Waals surface area contributed by atoms with Gasteiger partial charge in [-0.25, -0.2) is 14.4 Å². The van der Waals surface area contributed by atoms with Crippen molar-refractivity contribution in [1.82, 2.24) is 9.55 Å². The number of aromatic amines is 1. The van der Waals surface area contributed by atoms with Crippen LogP contribution in [-0.4, -0.2) is 40.8 Å². The van der Waals surface area contributed by atoms with Gasteiger partial charge in [0.25, 0.3) is 5.56 Å². The van der Waals surface area contributed by atoms with Crippen molar-refractivity contribution in [3.05, 3.63) is 129 Å². The van der Waals surface area contributed by atoms with Gasteiger partial charge >= 0.3 is 17.6 Å². The second kappa shape index (κ2) is 12.4. The van der Waals surface area contributed by atoms with E-state index in [0.717, 1.165) is 10.4 Å². The van der Waals surface area contributed by atoms with E-state index >= 15 is 0 Å². The number of benzene rings is 3. The standard InChI is InChI=1S/C30H24N2O7S/c33-26-24-16-25(20-10-4-1-5-11-20)40-27(24)32(30(36)31-26)19-39-23(17-37-28(34)21-12-6-2-7-13-21)18-38-29(35)22-14-8-3-9-15-22/h1-16,23H,17-19H2,(H,31,33,36). The van der Waals surface area contributed by atoms with Gasteiger partial charge < -0.3 is 14.2 Å². The number of hydrogen-bond donors (Lipinski definition) is 1. The molecular formula is C30H24N2O7S. The highest BCUT2D eigenvalue weighted by Gasteiger charge is 2.20. The number of thiophene rings is 1. The highest BCUT2D eigenvalue weighted by Crippen LogP contribution is 2.31. The molecule has 3 aromatic carbocycles. The Morgan fingerprint density at radius 2 is 1.30 bits per heavy atom. The molecular weight excluding hydrogens is 532 g/mol. The van der Waals surface area contributed by atoms with Crippen LogP contribution in [-0.2, 0) is 20.9 Å². The van der Waals surface area contributed by atoms with E-state index in [2.05, 4.69) is 4.98 Å². The maximum absolute atomic E-state index is 12.8. The molecule has 0 aliphatic rings. The van der Waals surface area contributed by atoms with Crippen molar-refractivity contribution in [3.8, 4) is 10.4 Å². The Balaban J connectivity index is 1.36. The summed E-state index contributed by atoms with van der Waals surface area (Å²) in [5.41, 5.74) is 0.461. The summed E-state index contributed by atoms with van der Waals surface area (Å²) in [6.45, 7) is -0.759. The number of rotatable bonds is 10. The van der Waals surface area contributed by atoms with Crippen molar-refractivity contribution < 1.29 is 23.8 Å². The minimum atomic E-state index is -0.900. The minimum Gasteiger partial charge on any atom is -0.459 e. The van der Waals surface area contributed by atoms with Gasteiger partial charge in [-0.3, -0.25) is 14.3 Å². The SMILES string of the molecule is O=C(OCC(COC(=O)c1ccccc1)OCn1c(=O)[nH]c(=O)c2cc(-c3ccccc3)sc21)c1ccccc1. The summed E-state index contributed by atoms with van der Waals surface area (Å²) in [4.78, 5) is 53.9. The Bertz CT molecular complexity index is 1670. The zero-order chi connectivity index (χ0) is 27.9. The molecule has 0 bridgehead atoms. The first-order chi connectivity index (χ1) is 19.5. The molecule has 0 saturated carbocycles. The van der Waals surface area contributed by atoms with Gasteiger partial charge in [0.05, 0.1) is 16.5 Å². The number of H-pyrrole nitrogens is 1. The van der Waals surface area contributed by atoms with E-state index in [1.165, 1.54) is 15.9 Å². The van der Waals surface area contributed by atoms with E-state index < -0.39 is 29.3 Å². The number of nitrogens with zero attached hydrogens (tertiary/aromatic N) is 1. The Labute approximate surface area is 232 Å². The molecule has 1 N–H and O–H groups in total. The molecule has 0 aliphatic heterocycles. The first-order valence-electron chi connectivity index (χ1n) is 12.4. The van der Waals surface area contributed by atoms with Crippen LogP contribution in [0.1, 0.15) is 20.7 Å². The smallest absolute Gasteiger partial charge is 0.338 e. The summed E-state index contributed by atoms with van der Waals surface area (Å²) in [6.07, 6.45) is -0.900. The fourth-order valence-electron chi connectivity index (χ4n) is 3.91. The highest BCUT2D eigenvalue weighted by molar-refractivity contribution is 7.21. The van der Waals surface area contributed by atoms with Gasteiger partial charge in [0.1, 0.15) is 30.9 Å². The third kappa shape index (κ3) is 6.25. The lowest BCUT2D eigenvalue weighted by Crippen LogP contribution is -2.34. The number of hydrogen-bond acceptors (Lipinski definition) is 8. The van der Waals surface area contributed by atoms with Crippen LogP contribution in [0.4, 0.5) is 0 Å². The predicted molar refractivity (Wildman–Crippen MR) is 150 cm³/mol. The highest BCUT2D eigenvalue weighted by atomic mass is 32.1. The number of esters is 2. The molecule has 0 radical (unpaired) electrons. The summed E-state index contributed by atoms with van der Waals surface area (Å²) in [5.74, 6) is -1.14. The van der Waals surface area contributed by atoms with Crippen LogP contribution in [0.5, 0.6) is 0 Å². The van der Waals surface area contributed by atoms with E-state index in [-0.39, 0.29) is 19.9 Å². The Morgan fingerprint density at radius 1 is 0.775 bits per heavy atom. The molecule has 5 rings (SSSR count). The number of nitrogens with one attached hydrogen (secondary N) is 1. The molecule has 0 amide bonds. The largest absolute Gasteiger partial charge is 0.459 e. The van der Waals surface area contributed by atoms with Crippen LogP contribution in [0.15, 0.2) is 107 Å². The lowest BCUT2D eigenvalue weighted by atomic mass is 10.2. The molecule has 0 aliphatic carbocycles. The van der Waals surface area contributed by atoms with Gasteiger partial charge in [-0.1, -0.05) is 66.7 Å². The molecule has 0 saturated heterocycles. The zero-order valence-electron chi connectivity index (χ0n) is 21.1. The summed E-state index contributed by atoms with van der Waals surface area (Å²) in [7, 11) is 0. The zero-order valence-corrected chi connectivity index (χ0v) is 22.0. The van der Waals surface area contributed by atoms with Crippen molar-refractivity contribution in [1.29, 1.82) is 0 Å². The van der Waals surface area contributed by atoms with Crippen molar-refractivity contribution in [3.63, 3.8) is 0 Å². The Morgan fingerprint density at radius 3 is 1.85 bits per heavy atom. The molecule has 2 aromatic heterocycles. The van der Waals surface area contributed by atoms with E-state index in [9.17, 15) is 19.2 Å². The van der Waals surface area contributed by atoms with Crippen molar-refractivity contribution >= 4 is 33.5 Å². The minimum absolute atomic E-state index is 0.239. The van der Waals surface area contributed by atoms with Crippen LogP contribution >= 0.6 is 11.3 Å². The molecule has 5 aromatic rings. The van der Waals surface area contributed by atoms with Crippen molar-refractivity contribution in [2.75, 3.05) is 13.2 Å². The molecule has 0 unspecified atom stereocenters. The van der Waals surface area contributed by atoms with Gasteiger partial charge in [0, 0.05) is 4.88 Å². The number of fused-ring (bicyclic) bond motifs is 1. The van der Waals surface area contributed by atoms with Crippen LogP contribution < -0.4 is 11.2 Å². The van der Waals surface area contributed by atoms with Crippen LogP contribution in [0, 0.1) is 0 Å². The van der Waals surface area contributed by atoms with Crippen LogP contribution in [0.25, 0.3) is 20.7 Å². The lowest BCUT2D eigenvalue weighted by molar-refractivity contribution is -0.0623. The third-order valence-corrected chi connectivity index (χ3v) is 7.19. The summed E-state index contributed by atoms with van der Waals surface area (Å²) in [6, 6.07) is 28.1. The third-order valence-electron chi connectivity index (χ3n) is 5.99. The average Bonchev–Trinajstić information content (AvgIpc) is 3.45. The average molecular weight is 557 g/mol. The first kappa shape index (κ1) is 26.8. The summed E-state index contributed by atoms with van der Waals surface area (Å²) >= 11 is 1.28. The summed E-state index contributed by atoms with van der Waals surface area (Å²) in [5, 5.41) is 0.342. The van der Waals surface area contributed by atoms with Gasteiger partial charge in [0.2, 0.25) is 0 Å². The van der Waals surface area contributed by atoms with E-state index in [0.29, 0.717) is 21.3 Å². The number of ether oxygens (including phenoxy) is 3. The molecule has 10 heteroatoms.